The minimum Gasteiger partial charge on any atom is -0.497 e. The summed E-state index contributed by atoms with van der Waals surface area (Å²) < 4.78 is 7.19. The van der Waals surface area contributed by atoms with Crippen LogP contribution in [-0.4, -0.2) is 33.4 Å². The fourth-order valence-electron chi connectivity index (χ4n) is 3.22. The summed E-state index contributed by atoms with van der Waals surface area (Å²) in [6, 6.07) is 21.5. The van der Waals surface area contributed by atoms with E-state index in [4.69, 9.17) is 4.74 Å². The SMILES string of the molecule is C=CCn1c(SCC(=O)c2ccc3ccccc3c2)nnc1-c1ccc(OC)cc1. The molecular weight excluding hydrogens is 394 g/mol. The molecule has 0 saturated heterocycles. The molecule has 0 atom stereocenters. The largest absolute Gasteiger partial charge is 0.497 e. The molecule has 0 radical (unpaired) electrons. The van der Waals surface area contributed by atoms with Crippen LogP contribution < -0.4 is 4.74 Å². The van der Waals surface area contributed by atoms with Crippen LogP contribution in [0.25, 0.3) is 22.2 Å². The molecule has 1 aromatic heterocycles. The minimum atomic E-state index is 0.0601. The third-order valence-corrected chi connectivity index (χ3v) is 5.75. The lowest BCUT2D eigenvalue weighted by molar-refractivity contribution is 0.102. The highest BCUT2D eigenvalue weighted by atomic mass is 32.2. The number of hydrogen-bond acceptors (Lipinski definition) is 5. The molecule has 0 aliphatic carbocycles. The highest BCUT2D eigenvalue weighted by Gasteiger charge is 2.16. The van der Waals surface area contributed by atoms with Gasteiger partial charge in [-0.2, -0.15) is 0 Å². The van der Waals surface area contributed by atoms with Crippen molar-refractivity contribution in [2.24, 2.45) is 0 Å². The van der Waals surface area contributed by atoms with Gasteiger partial charge in [-0.1, -0.05) is 54.2 Å². The fraction of sp³-hybridized carbons (Fsp3) is 0.125. The quantitative estimate of drug-likeness (QED) is 0.223. The molecule has 0 N–H and O–H groups in total. The number of ether oxygens (including phenoxy) is 1. The summed E-state index contributed by atoms with van der Waals surface area (Å²) in [6.07, 6.45) is 1.80. The van der Waals surface area contributed by atoms with E-state index < -0.39 is 0 Å². The second-order valence-corrected chi connectivity index (χ2v) is 7.65. The Morgan fingerprint density at radius 3 is 2.57 bits per heavy atom. The van der Waals surface area contributed by atoms with Gasteiger partial charge in [-0.25, -0.2) is 0 Å². The lowest BCUT2D eigenvalue weighted by Gasteiger charge is -2.08. The van der Waals surface area contributed by atoms with Gasteiger partial charge in [0.25, 0.3) is 0 Å². The van der Waals surface area contributed by atoms with Crippen LogP contribution in [0.4, 0.5) is 0 Å². The lowest BCUT2D eigenvalue weighted by Crippen LogP contribution is -2.05. The van der Waals surface area contributed by atoms with Gasteiger partial charge in [-0.3, -0.25) is 9.36 Å². The van der Waals surface area contributed by atoms with E-state index in [0.29, 0.717) is 17.3 Å². The van der Waals surface area contributed by atoms with Gasteiger partial charge in [0.2, 0.25) is 0 Å². The summed E-state index contributed by atoms with van der Waals surface area (Å²) in [7, 11) is 1.64. The number of carbonyl (C=O) groups is 1. The number of nitrogens with zero attached hydrogens (tertiary/aromatic N) is 3. The molecule has 5 nitrogen and oxygen atoms in total. The normalized spacial score (nSPS) is 10.8. The average Bonchev–Trinajstić information content (AvgIpc) is 3.20. The van der Waals surface area contributed by atoms with E-state index in [1.165, 1.54) is 11.8 Å². The fourth-order valence-corrected chi connectivity index (χ4v) is 4.06. The van der Waals surface area contributed by atoms with Crippen LogP contribution >= 0.6 is 11.8 Å². The first-order chi connectivity index (χ1) is 14.7. The Hall–Kier alpha value is -3.38. The molecule has 4 rings (SSSR count). The summed E-state index contributed by atoms with van der Waals surface area (Å²) in [5.41, 5.74) is 1.63. The van der Waals surface area contributed by atoms with Crippen molar-refractivity contribution >= 4 is 28.3 Å². The zero-order valence-corrected chi connectivity index (χ0v) is 17.4. The van der Waals surface area contributed by atoms with Gasteiger partial charge in [0.1, 0.15) is 5.75 Å². The number of hydrogen-bond donors (Lipinski definition) is 0. The molecule has 1 heterocycles. The Labute approximate surface area is 179 Å². The molecule has 0 amide bonds. The highest BCUT2D eigenvalue weighted by Crippen LogP contribution is 2.26. The molecule has 0 fully saturated rings. The number of benzene rings is 3. The van der Waals surface area contributed by atoms with E-state index in [9.17, 15) is 4.79 Å². The monoisotopic (exact) mass is 415 g/mol. The Morgan fingerprint density at radius 1 is 1.07 bits per heavy atom. The Bertz CT molecular complexity index is 1200. The zero-order valence-electron chi connectivity index (χ0n) is 16.6. The highest BCUT2D eigenvalue weighted by molar-refractivity contribution is 7.99. The van der Waals surface area contributed by atoms with Gasteiger partial charge in [0.15, 0.2) is 16.8 Å². The van der Waals surface area contributed by atoms with E-state index >= 15 is 0 Å². The predicted octanol–water partition coefficient (Wildman–Crippen LogP) is 5.27. The van der Waals surface area contributed by atoms with Crippen LogP contribution in [0.1, 0.15) is 10.4 Å². The third kappa shape index (κ3) is 4.14. The van der Waals surface area contributed by atoms with E-state index in [-0.39, 0.29) is 11.5 Å². The van der Waals surface area contributed by atoms with Crippen LogP contribution in [-0.2, 0) is 6.54 Å². The van der Waals surface area contributed by atoms with Crippen molar-refractivity contribution in [2.75, 3.05) is 12.9 Å². The summed E-state index contributed by atoms with van der Waals surface area (Å²) in [5, 5.41) is 11.5. The standard InChI is InChI=1S/C24H21N3O2S/c1-3-14-27-23(18-10-12-21(29-2)13-11-18)25-26-24(27)30-16-22(28)20-9-8-17-6-4-5-7-19(17)15-20/h3-13,15H,1,14,16H2,2H3. The van der Waals surface area contributed by atoms with Crippen molar-refractivity contribution in [1.29, 1.82) is 0 Å². The van der Waals surface area contributed by atoms with E-state index in [2.05, 4.69) is 16.8 Å². The van der Waals surface area contributed by atoms with Crippen LogP contribution in [0.15, 0.2) is 84.5 Å². The van der Waals surface area contributed by atoms with E-state index in [1.807, 2.05) is 71.3 Å². The molecule has 0 spiro atoms. The predicted molar refractivity (Wildman–Crippen MR) is 121 cm³/mol. The third-order valence-electron chi connectivity index (χ3n) is 4.78. The number of aromatic nitrogens is 3. The lowest BCUT2D eigenvalue weighted by atomic mass is 10.1. The van der Waals surface area contributed by atoms with E-state index in [0.717, 1.165) is 27.9 Å². The Kier molecular flexibility index (Phi) is 5.95. The maximum absolute atomic E-state index is 12.8. The molecule has 4 aromatic rings. The second-order valence-electron chi connectivity index (χ2n) is 6.71. The molecule has 30 heavy (non-hydrogen) atoms. The van der Waals surface area contributed by atoms with Crippen molar-refractivity contribution in [3.8, 4) is 17.1 Å². The number of Topliss-reactive ketones (excluding diaryl/α,β-unsaturated/α-hetero) is 1. The summed E-state index contributed by atoms with van der Waals surface area (Å²) >= 11 is 1.39. The van der Waals surface area contributed by atoms with Gasteiger partial charge >= 0.3 is 0 Å². The number of carbonyl (C=O) groups excluding carboxylic acids is 1. The van der Waals surface area contributed by atoms with Crippen molar-refractivity contribution in [3.63, 3.8) is 0 Å². The smallest absolute Gasteiger partial charge is 0.192 e. The molecule has 3 aromatic carbocycles. The number of rotatable bonds is 8. The first-order valence-electron chi connectivity index (χ1n) is 9.53. The first kappa shape index (κ1) is 19.9. The average molecular weight is 416 g/mol. The molecule has 6 heteroatoms. The van der Waals surface area contributed by atoms with Crippen LogP contribution in [0.5, 0.6) is 5.75 Å². The number of allylic oxidation sites excluding steroid dienone is 1. The minimum absolute atomic E-state index is 0.0601. The first-order valence-corrected chi connectivity index (χ1v) is 10.5. The summed E-state index contributed by atoms with van der Waals surface area (Å²) in [5.74, 6) is 1.86. The van der Waals surface area contributed by atoms with Crippen molar-refractivity contribution < 1.29 is 9.53 Å². The zero-order chi connectivity index (χ0) is 20.9. The van der Waals surface area contributed by atoms with Crippen molar-refractivity contribution in [3.05, 3.63) is 84.9 Å². The second kappa shape index (κ2) is 8.97. The molecule has 0 bridgehead atoms. The van der Waals surface area contributed by atoms with E-state index in [1.54, 1.807) is 13.2 Å². The van der Waals surface area contributed by atoms with Crippen LogP contribution in [0.2, 0.25) is 0 Å². The van der Waals surface area contributed by atoms with Gasteiger partial charge in [0.05, 0.1) is 12.9 Å². The summed E-state index contributed by atoms with van der Waals surface area (Å²) in [4.78, 5) is 12.8. The topological polar surface area (TPSA) is 57.0 Å². The van der Waals surface area contributed by atoms with Gasteiger partial charge in [-0.15, -0.1) is 16.8 Å². The number of ketones is 1. The molecule has 0 unspecified atom stereocenters. The maximum Gasteiger partial charge on any atom is 0.192 e. The van der Waals surface area contributed by atoms with Crippen LogP contribution in [0.3, 0.4) is 0 Å². The number of methoxy groups -OCH3 is 1. The molecule has 0 aliphatic heterocycles. The number of thioether (sulfide) groups is 1. The molecular formula is C24H21N3O2S. The maximum atomic E-state index is 12.8. The Morgan fingerprint density at radius 2 is 1.83 bits per heavy atom. The van der Waals surface area contributed by atoms with Crippen molar-refractivity contribution in [2.45, 2.75) is 11.7 Å². The number of fused-ring (bicyclic) bond motifs is 1. The van der Waals surface area contributed by atoms with Gasteiger partial charge in [-0.05, 0) is 41.1 Å². The molecule has 150 valence electrons. The van der Waals surface area contributed by atoms with Gasteiger partial charge < -0.3 is 4.74 Å². The molecule has 0 saturated carbocycles. The van der Waals surface area contributed by atoms with Gasteiger partial charge in [0, 0.05) is 17.7 Å². The Balaban J connectivity index is 1.54. The summed E-state index contributed by atoms with van der Waals surface area (Å²) in [6.45, 7) is 4.39. The van der Waals surface area contributed by atoms with Crippen molar-refractivity contribution in [1.82, 2.24) is 14.8 Å². The van der Waals surface area contributed by atoms with Crippen LogP contribution in [0, 0.1) is 0 Å². The molecule has 0 aliphatic rings.